The monoisotopic (exact) mass is 322 g/mol. The Labute approximate surface area is 127 Å². The number of carboxylic acid groups (broad SMARTS) is 1. The highest BCUT2D eigenvalue weighted by Crippen LogP contribution is 2.41. The maximum Gasteiger partial charge on any atom is 0.346 e. The zero-order valence-electron chi connectivity index (χ0n) is 11.3. The van der Waals surface area contributed by atoms with E-state index >= 15 is 0 Å². The van der Waals surface area contributed by atoms with Crippen molar-refractivity contribution in [3.8, 4) is 11.1 Å². The van der Waals surface area contributed by atoms with E-state index in [-0.39, 0.29) is 21.6 Å². The summed E-state index contributed by atoms with van der Waals surface area (Å²) in [6.45, 7) is 1.38. The van der Waals surface area contributed by atoms with E-state index in [9.17, 15) is 23.1 Å². The van der Waals surface area contributed by atoms with Gasteiger partial charge in [-0.15, -0.1) is 11.3 Å². The van der Waals surface area contributed by atoms with Crippen LogP contribution in [-0.2, 0) is 0 Å². The van der Waals surface area contributed by atoms with Gasteiger partial charge in [-0.05, 0) is 42.3 Å². The Morgan fingerprint density at radius 1 is 1.14 bits per heavy atom. The second-order valence-electron chi connectivity index (χ2n) is 4.79. The summed E-state index contributed by atoms with van der Waals surface area (Å²) in [6, 6.07) is 6.18. The minimum atomic E-state index is -1.19. The Morgan fingerprint density at radius 2 is 1.86 bits per heavy atom. The SMILES string of the molecule is Cc1c(-c2c(C(=O)O)sc3cc(F)ccc23)ccc(F)c1F. The Hall–Kier alpha value is -2.34. The van der Waals surface area contributed by atoms with Gasteiger partial charge < -0.3 is 5.11 Å². The molecule has 0 saturated carbocycles. The molecule has 2 nitrogen and oxygen atoms in total. The van der Waals surface area contributed by atoms with E-state index in [2.05, 4.69) is 0 Å². The van der Waals surface area contributed by atoms with Crippen molar-refractivity contribution in [3.05, 3.63) is 58.2 Å². The average molecular weight is 322 g/mol. The topological polar surface area (TPSA) is 37.3 Å². The van der Waals surface area contributed by atoms with E-state index in [1.165, 1.54) is 31.2 Å². The van der Waals surface area contributed by atoms with Gasteiger partial charge in [0, 0.05) is 15.6 Å². The highest BCUT2D eigenvalue weighted by Gasteiger charge is 2.22. The largest absolute Gasteiger partial charge is 0.477 e. The summed E-state index contributed by atoms with van der Waals surface area (Å²) in [4.78, 5) is 11.4. The van der Waals surface area contributed by atoms with Gasteiger partial charge in [0.2, 0.25) is 0 Å². The fourth-order valence-electron chi connectivity index (χ4n) is 2.41. The molecule has 1 aromatic heterocycles. The predicted octanol–water partition coefficient (Wildman–Crippen LogP) is 4.99. The third-order valence-electron chi connectivity index (χ3n) is 3.45. The zero-order chi connectivity index (χ0) is 16.0. The number of aromatic carboxylic acids is 1. The molecule has 6 heteroatoms. The highest BCUT2D eigenvalue weighted by atomic mass is 32.1. The van der Waals surface area contributed by atoms with Crippen molar-refractivity contribution in [1.29, 1.82) is 0 Å². The molecule has 0 aliphatic heterocycles. The Kier molecular flexibility index (Phi) is 3.41. The van der Waals surface area contributed by atoms with Crippen molar-refractivity contribution in [3.63, 3.8) is 0 Å². The number of hydrogen-bond donors (Lipinski definition) is 1. The van der Waals surface area contributed by atoms with Crippen molar-refractivity contribution in [2.45, 2.75) is 6.92 Å². The van der Waals surface area contributed by atoms with Crippen molar-refractivity contribution in [2.24, 2.45) is 0 Å². The van der Waals surface area contributed by atoms with Gasteiger partial charge in [0.15, 0.2) is 11.6 Å². The Balaban J connectivity index is 2.41. The first-order valence-corrected chi connectivity index (χ1v) is 7.12. The van der Waals surface area contributed by atoms with Gasteiger partial charge in [0.05, 0.1) is 0 Å². The minimum Gasteiger partial charge on any atom is -0.477 e. The van der Waals surface area contributed by atoms with Crippen LogP contribution in [0.15, 0.2) is 30.3 Å². The Morgan fingerprint density at radius 3 is 2.55 bits per heavy atom. The van der Waals surface area contributed by atoms with E-state index in [4.69, 9.17) is 0 Å². The van der Waals surface area contributed by atoms with Crippen molar-refractivity contribution in [2.75, 3.05) is 0 Å². The van der Waals surface area contributed by atoms with Gasteiger partial charge in [-0.2, -0.15) is 0 Å². The average Bonchev–Trinajstić information content (AvgIpc) is 2.83. The number of fused-ring (bicyclic) bond motifs is 1. The first-order chi connectivity index (χ1) is 10.4. The Bertz CT molecular complexity index is 915. The van der Waals surface area contributed by atoms with Gasteiger partial charge in [-0.1, -0.05) is 6.07 Å². The summed E-state index contributed by atoms with van der Waals surface area (Å²) in [7, 11) is 0. The van der Waals surface area contributed by atoms with Crippen LogP contribution in [0.2, 0.25) is 0 Å². The minimum absolute atomic E-state index is 0.0199. The predicted molar refractivity (Wildman–Crippen MR) is 78.8 cm³/mol. The van der Waals surface area contributed by atoms with Gasteiger partial charge in [-0.25, -0.2) is 18.0 Å². The number of carbonyl (C=O) groups is 1. The third kappa shape index (κ3) is 2.16. The number of rotatable bonds is 2. The van der Waals surface area contributed by atoms with Crippen molar-refractivity contribution in [1.82, 2.24) is 0 Å². The number of halogens is 3. The molecule has 112 valence electrons. The van der Waals surface area contributed by atoms with Gasteiger partial charge in [-0.3, -0.25) is 0 Å². The molecule has 1 N–H and O–H groups in total. The summed E-state index contributed by atoms with van der Waals surface area (Å²) in [5.74, 6) is -3.70. The fourth-order valence-corrected chi connectivity index (χ4v) is 3.49. The molecule has 0 amide bonds. The molecule has 0 fully saturated rings. The van der Waals surface area contributed by atoms with Crippen LogP contribution >= 0.6 is 11.3 Å². The lowest BCUT2D eigenvalue weighted by atomic mass is 9.97. The smallest absolute Gasteiger partial charge is 0.346 e. The van der Waals surface area contributed by atoms with Crippen molar-refractivity contribution >= 4 is 27.4 Å². The number of carboxylic acids is 1. The van der Waals surface area contributed by atoms with Crippen LogP contribution < -0.4 is 0 Å². The van der Waals surface area contributed by atoms with Crippen LogP contribution in [0.5, 0.6) is 0 Å². The quantitative estimate of drug-likeness (QED) is 0.721. The molecular weight excluding hydrogens is 313 g/mol. The maximum atomic E-state index is 13.8. The zero-order valence-corrected chi connectivity index (χ0v) is 12.1. The lowest BCUT2D eigenvalue weighted by Crippen LogP contribution is -1.98. The summed E-state index contributed by atoms with van der Waals surface area (Å²) < 4.78 is 40.9. The summed E-state index contributed by atoms with van der Waals surface area (Å²) in [6.07, 6.45) is 0. The fraction of sp³-hybridized carbons (Fsp3) is 0.0625. The highest BCUT2D eigenvalue weighted by molar-refractivity contribution is 7.21. The molecule has 2 aromatic carbocycles. The second kappa shape index (κ2) is 5.14. The molecule has 22 heavy (non-hydrogen) atoms. The first kappa shape index (κ1) is 14.6. The molecule has 1 heterocycles. The molecular formula is C16H9F3O2S. The van der Waals surface area contributed by atoms with Crippen LogP contribution in [0.1, 0.15) is 15.2 Å². The lowest BCUT2D eigenvalue weighted by Gasteiger charge is -2.08. The number of benzene rings is 2. The molecule has 0 unspecified atom stereocenters. The van der Waals surface area contributed by atoms with Crippen LogP contribution in [0, 0.1) is 24.4 Å². The molecule has 3 aromatic rings. The van der Waals surface area contributed by atoms with Crippen molar-refractivity contribution < 1.29 is 23.1 Å². The molecule has 0 radical (unpaired) electrons. The summed E-state index contributed by atoms with van der Waals surface area (Å²) in [5, 5.41) is 9.86. The van der Waals surface area contributed by atoms with Gasteiger partial charge in [0.25, 0.3) is 0 Å². The standard InChI is InChI=1S/C16H9F3O2S/c1-7-9(4-5-11(18)14(7)19)13-10-3-2-8(17)6-12(10)22-15(13)16(20)21/h2-6H,1H3,(H,20,21). The van der Waals surface area contributed by atoms with E-state index < -0.39 is 23.4 Å². The van der Waals surface area contributed by atoms with E-state index in [0.29, 0.717) is 10.1 Å². The molecule has 0 spiro atoms. The maximum absolute atomic E-state index is 13.8. The molecule has 0 bridgehead atoms. The normalized spacial score (nSPS) is 11.1. The van der Waals surface area contributed by atoms with Crippen LogP contribution in [0.3, 0.4) is 0 Å². The van der Waals surface area contributed by atoms with E-state index in [1.807, 2.05) is 0 Å². The lowest BCUT2D eigenvalue weighted by molar-refractivity contribution is 0.0703. The van der Waals surface area contributed by atoms with Gasteiger partial charge in [0.1, 0.15) is 10.7 Å². The number of hydrogen-bond acceptors (Lipinski definition) is 2. The summed E-state index contributed by atoms with van der Waals surface area (Å²) >= 11 is 0.904. The third-order valence-corrected chi connectivity index (χ3v) is 4.60. The van der Waals surface area contributed by atoms with Crippen LogP contribution in [-0.4, -0.2) is 11.1 Å². The van der Waals surface area contributed by atoms with Crippen LogP contribution in [0.4, 0.5) is 13.2 Å². The van der Waals surface area contributed by atoms with E-state index in [0.717, 1.165) is 17.4 Å². The molecule has 0 aliphatic carbocycles. The van der Waals surface area contributed by atoms with Gasteiger partial charge >= 0.3 is 5.97 Å². The molecule has 0 atom stereocenters. The molecule has 0 aliphatic rings. The second-order valence-corrected chi connectivity index (χ2v) is 5.84. The molecule has 3 rings (SSSR count). The van der Waals surface area contributed by atoms with Crippen LogP contribution in [0.25, 0.3) is 21.2 Å². The van der Waals surface area contributed by atoms with E-state index in [1.54, 1.807) is 0 Å². The number of thiophene rings is 1. The molecule has 0 saturated heterocycles. The first-order valence-electron chi connectivity index (χ1n) is 6.30. The summed E-state index contributed by atoms with van der Waals surface area (Å²) in [5.41, 5.74) is 0.588.